The lowest BCUT2D eigenvalue weighted by Crippen LogP contribution is -2.38. The molecule has 1 aliphatic heterocycles. The van der Waals surface area contributed by atoms with E-state index < -0.39 is 15.6 Å². The summed E-state index contributed by atoms with van der Waals surface area (Å²) >= 11 is 0. The Morgan fingerprint density at radius 1 is 1.20 bits per heavy atom. The Hall–Kier alpha value is -0.870. The molecule has 0 saturated carbocycles. The SMILES string of the molecule is CCC1(CC)NS(=O)(=O)c2ccccc21. The summed E-state index contributed by atoms with van der Waals surface area (Å²) in [5, 5.41) is 0. The lowest BCUT2D eigenvalue weighted by atomic mass is 9.86. The molecule has 0 fully saturated rings. The van der Waals surface area contributed by atoms with Crippen molar-refractivity contribution in [3.63, 3.8) is 0 Å². The van der Waals surface area contributed by atoms with Crippen LogP contribution < -0.4 is 4.72 Å². The maximum atomic E-state index is 11.9. The van der Waals surface area contributed by atoms with Gasteiger partial charge in [0.15, 0.2) is 0 Å². The molecule has 1 aromatic rings. The maximum Gasteiger partial charge on any atom is 0.241 e. The maximum absolute atomic E-state index is 11.9. The number of nitrogens with one attached hydrogen (secondary N) is 1. The molecule has 0 radical (unpaired) electrons. The van der Waals surface area contributed by atoms with Gasteiger partial charge >= 0.3 is 0 Å². The predicted octanol–water partition coefficient (Wildman–Crippen LogP) is 1.99. The van der Waals surface area contributed by atoms with Crippen molar-refractivity contribution in [2.24, 2.45) is 0 Å². The van der Waals surface area contributed by atoms with Gasteiger partial charge in [-0.15, -0.1) is 0 Å². The van der Waals surface area contributed by atoms with Crippen LogP contribution in [0.4, 0.5) is 0 Å². The van der Waals surface area contributed by atoms with Gasteiger partial charge in [0.2, 0.25) is 10.0 Å². The fourth-order valence-corrected chi connectivity index (χ4v) is 4.07. The molecule has 0 atom stereocenters. The van der Waals surface area contributed by atoms with Crippen LogP contribution in [0.15, 0.2) is 29.2 Å². The van der Waals surface area contributed by atoms with E-state index in [1.165, 1.54) is 0 Å². The minimum atomic E-state index is -3.29. The minimum Gasteiger partial charge on any atom is -0.207 e. The molecule has 0 aliphatic carbocycles. The van der Waals surface area contributed by atoms with Crippen molar-refractivity contribution < 1.29 is 8.42 Å². The molecule has 4 heteroatoms. The smallest absolute Gasteiger partial charge is 0.207 e. The molecule has 1 aliphatic rings. The highest BCUT2D eigenvalue weighted by Crippen LogP contribution is 2.39. The summed E-state index contributed by atoms with van der Waals surface area (Å²) in [4.78, 5) is 0.439. The van der Waals surface area contributed by atoms with Crippen LogP contribution in [0.25, 0.3) is 0 Å². The average Bonchev–Trinajstić information content (AvgIpc) is 2.49. The second kappa shape index (κ2) is 3.32. The molecule has 1 N–H and O–H groups in total. The molecular formula is C11H15NO2S. The Kier molecular flexibility index (Phi) is 2.35. The van der Waals surface area contributed by atoms with Gasteiger partial charge in [0, 0.05) is 0 Å². The van der Waals surface area contributed by atoms with Crippen molar-refractivity contribution in [2.75, 3.05) is 0 Å². The van der Waals surface area contributed by atoms with Gasteiger partial charge in [0.1, 0.15) is 0 Å². The van der Waals surface area contributed by atoms with Gasteiger partial charge in [-0.3, -0.25) is 0 Å². The van der Waals surface area contributed by atoms with Crippen molar-refractivity contribution >= 4 is 10.0 Å². The van der Waals surface area contributed by atoms with Crippen molar-refractivity contribution in [2.45, 2.75) is 37.1 Å². The number of fused-ring (bicyclic) bond motifs is 1. The van der Waals surface area contributed by atoms with Crippen LogP contribution in [0.2, 0.25) is 0 Å². The number of sulfonamides is 1. The molecule has 0 amide bonds. The Morgan fingerprint density at radius 2 is 1.80 bits per heavy atom. The highest BCUT2D eigenvalue weighted by Gasteiger charge is 2.43. The van der Waals surface area contributed by atoms with E-state index in [0.717, 1.165) is 18.4 Å². The van der Waals surface area contributed by atoms with Crippen LogP contribution in [-0.4, -0.2) is 8.42 Å². The summed E-state index contributed by atoms with van der Waals surface area (Å²) in [6, 6.07) is 7.23. The van der Waals surface area contributed by atoms with Crippen molar-refractivity contribution in [1.82, 2.24) is 4.72 Å². The predicted molar refractivity (Wildman–Crippen MR) is 59.0 cm³/mol. The zero-order valence-electron chi connectivity index (χ0n) is 8.95. The fourth-order valence-electron chi connectivity index (χ4n) is 2.24. The van der Waals surface area contributed by atoms with Gasteiger partial charge in [-0.1, -0.05) is 32.0 Å². The fraction of sp³-hybridized carbons (Fsp3) is 0.455. The van der Waals surface area contributed by atoms with Crippen molar-refractivity contribution in [3.8, 4) is 0 Å². The normalized spacial score (nSPS) is 21.2. The van der Waals surface area contributed by atoms with Crippen molar-refractivity contribution in [3.05, 3.63) is 29.8 Å². The standard InChI is InChI=1S/C11H15NO2S/c1-3-11(4-2)9-7-5-6-8-10(9)15(13,14)12-11/h5-8,12H,3-4H2,1-2H3. The van der Waals surface area contributed by atoms with Gasteiger partial charge in [0.05, 0.1) is 10.4 Å². The highest BCUT2D eigenvalue weighted by molar-refractivity contribution is 7.89. The largest absolute Gasteiger partial charge is 0.241 e. The first kappa shape index (κ1) is 10.6. The Morgan fingerprint density at radius 3 is 2.40 bits per heavy atom. The van der Waals surface area contributed by atoms with Crippen LogP contribution >= 0.6 is 0 Å². The summed E-state index contributed by atoms with van der Waals surface area (Å²) in [6.45, 7) is 4.02. The topological polar surface area (TPSA) is 46.2 Å². The first-order valence-electron chi connectivity index (χ1n) is 5.19. The van der Waals surface area contributed by atoms with Crippen LogP contribution in [0, 0.1) is 0 Å². The lowest BCUT2D eigenvalue weighted by molar-refractivity contribution is 0.377. The number of hydrogen-bond donors (Lipinski definition) is 1. The summed E-state index contributed by atoms with van der Waals surface area (Å²) in [5.41, 5.74) is 0.519. The molecule has 2 rings (SSSR count). The van der Waals surface area contributed by atoms with Gasteiger partial charge in [0.25, 0.3) is 0 Å². The molecular weight excluding hydrogens is 210 g/mol. The lowest BCUT2D eigenvalue weighted by Gasteiger charge is -2.26. The number of rotatable bonds is 2. The van der Waals surface area contributed by atoms with E-state index in [9.17, 15) is 8.42 Å². The zero-order chi connectivity index (χ0) is 11.1. The van der Waals surface area contributed by atoms with Crippen molar-refractivity contribution in [1.29, 1.82) is 0 Å². The average molecular weight is 225 g/mol. The van der Waals surface area contributed by atoms with E-state index in [-0.39, 0.29) is 0 Å². The molecule has 1 heterocycles. The zero-order valence-corrected chi connectivity index (χ0v) is 9.76. The summed E-state index contributed by atoms with van der Waals surface area (Å²) in [7, 11) is -3.29. The molecule has 0 unspecified atom stereocenters. The van der Waals surface area contributed by atoms with Crippen LogP contribution in [0.3, 0.4) is 0 Å². The molecule has 3 nitrogen and oxygen atoms in total. The summed E-state index contributed by atoms with van der Waals surface area (Å²) in [5.74, 6) is 0. The summed E-state index contributed by atoms with van der Waals surface area (Å²) < 4.78 is 26.5. The molecule has 82 valence electrons. The Labute approximate surface area is 90.6 Å². The third kappa shape index (κ3) is 1.40. The molecule has 0 saturated heterocycles. The molecule has 1 aromatic carbocycles. The monoisotopic (exact) mass is 225 g/mol. The first-order valence-corrected chi connectivity index (χ1v) is 6.67. The molecule has 0 aromatic heterocycles. The second-order valence-electron chi connectivity index (χ2n) is 3.89. The van der Waals surface area contributed by atoms with Crippen LogP contribution in [0.1, 0.15) is 32.3 Å². The van der Waals surface area contributed by atoms with Gasteiger partial charge < -0.3 is 0 Å². The van der Waals surface area contributed by atoms with E-state index in [1.54, 1.807) is 12.1 Å². The van der Waals surface area contributed by atoms with E-state index in [4.69, 9.17) is 0 Å². The van der Waals surface area contributed by atoms with Crippen LogP contribution in [0.5, 0.6) is 0 Å². The summed E-state index contributed by atoms with van der Waals surface area (Å²) in [6.07, 6.45) is 1.56. The third-order valence-electron chi connectivity index (χ3n) is 3.23. The van der Waals surface area contributed by atoms with Gasteiger partial charge in [-0.2, -0.15) is 0 Å². The Bertz CT molecular complexity index is 475. The number of hydrogen-bond acceptors (Lipinski definition) is 2. The highest BCUT2D eigenvalue weighted by atomic mass is 32.2. The molecule has 0 spiro atoms. The quantitative estimate of drug-likeness (QED) is 0.836. The second-order valence-corrected chi connectivity index (χ2v) is 5.54. The Balaban J connectivity index is 2.71. The molecule has 0 bridgehead atoms. The van der Waals surface area contributed by atoms with Crippen LogP contribution in [-0.2, 0) is 15.6 Å². The van der Waals surface area contributed by atoms with E-state index >= 15 is 0 Å². The number of benzene rings is 1. The molecule has 15 heavy (non-hydrogen) atoms. The van der Waals surface area contributed by atoms with E-state index in [1.807, 2.05) is 26.0 Å². The van der Waals surface area contributed by atoms with Gasteiger partial charge in [-0.05, 0) is 24.5 Å². The first-order chi connectivity index (χ1) is 7.06. The third-order valence-corrected chi connectivity index (χ3v) is 4.82. The van der Waals surface area contributed by atoms with E-state index in [2.05, 4.69) is 4.72 Å². The van der Waals surface area contributed by atoms with Gasteiger partial charge in [-0.25, -0.2) is 13.1 Å². The minimum absolute atomic E-state index is 0.393. The van der Waals surface area contributed by atoms with E-state index in [0.29, 0.717) is 4.90 Å².